The molecule has 0 radical (unpaired) electrons. The molecule has 1 aliphatic heterocycles. The SMILES string of the molecule is O=CN1CCOC(c2cc(Nc3nccc4nc(-c5c(F)cccc5Cl)sc34)ncn2)C1. The molecular formula is C21H16ClFN6O2S. The predicted octanol–water partition coefficient (Wildman–Crippen LogP) is 4.21. The number of rotatable bonds is 5. The summed E-state index contributed by atoms with van der Waals surface area (Å²) in [5.74, 6) is 0.611. The molecule has 4 aromatic rings. The zero-order valence-corrected chi connectivity index (χ0v) is 18.1. The van der Waals surface area contributed by atoms with Crippen molar-refractivity contribution in [3.8, 4) is 10.6 Å². The first-order chi connectivity index (χ1) is 15.6. The average molecular weight is 471 g/mol. The van der Waals surface area contributed by atoms with Crippen molar-refractivity contribution in [3.05, 3.63) is 59.4 Å². The third-order valence-electron chi connectivity index (χ3n) is 4.99. The molecule has 0 bridgehead atoms. The third kappa shape index (κ3) is 3.99. The Morgan fingerprint density at radius 3 is 3.03 bits per heavy atom. The van der Waals surface area contributed by atoms with Crippen LogP contribution >= 0.6 is 22.9 Å². The van der Waals surface area contributed by atoms with Gasteiger partial charge in [-0.05, 0) is 18.2 Å². The fraction of sp³-hybridized carbons (Fsp3) is 0.190. The quantitative estimate of drug-likeness (QED) is 0.436. The first-order valence-corrected chi connectivity index (χ1v) is 10.9. The van der Waals surface area contributed by atoms with Gasteiger partial charge in [0.1, 0.15) is 29.1 Å². The van der Waals surface area contributed by atoms with Crippen LogP contribution in [0.2, 0.25) is 5.02 Å². The highest BCUT2D eigenvalue weighted by Crippen LogP contribution is 2.38. The number of pyridine rings is 1. The Labute approximate surface area is 191 Å². The third-order valence-corrected chi connectivity index (χ3v) is 6.40. The molecule has 1 amide bonds. The topological polar surface area (TPSA) is 93.1 Å². The summed E-state index contributed by atoms with van der Waals surface area (Å²) in [5.41, 5.74) is 1.58. The highest BCUT2D eigenvalue weighted by molar-refractivity contribution is 7.22. The molecule has 3 aromatic heterocycles. The molecule has 0 saturated carbocycles. The summed E-state index contributed by atoms with van der Waals surface area (Å²) < 4.78 is 20.9. The number of anilines is 2. The summed E-state index contributed by atoms with van der Waals surface area (Å²) in [6, 6.07) is 8.05. The molecule has 1 aliphatic rings. The van der Waals surface area contributed by atoms with Crippen molar-refractivity contribution >= 4 is 51.2 Å². The maximum atomic E-state index is 14.4. The second kappa shape index (κ2) is 8.73. The van der Waals surface area contributed by atoms with Crippen LogP contribution in [0.25, 0.3) is 20.8 Å². The van der Waals surface area contributed by atoms with Crippen molar-refractivity contribution in [3.63, 3.8) is 0 Å². The van der Waals surface area contributed by atoms with Gasteiger partial charge in [-0.15, -0.1) is 11.3 Å². The number of fused-ring (bicyclic) bond motifs is 1. The Bertz CT molecular complexity index is 1280. The van der Waals surface area contributed by atoms with E-state index in [1.165, 1.54) is 23.7 Å². The molecule has 0 aliphatic carbocycles. The summed E-state index contributed by atoms with van der Waals surface area (Å²) in [6.07, 6.45) is 3.52. The minimum Gasteiger partial charge on any atom is -0.368 e. The smallest absolute Gasteiger partial charge is 0.209 e. The maximum absolute atomic E-state index is 14.4. The zero-order valence-electron chi connectivity index (χ0n) is 16.5. The fourth-order valence-corrected chi connectivity index (χ4v) is 4.81. The largest absolute Gasteiger partial charge is 0.368 e. The number of amides is 1. The standard InChI is InChI=1S/C21H16ClFN6O2S/c22-12-2-1-3-13(23)18(12)21-27-14-4-5-24-20(19(14)32-21)28-17-8-15(25-10-26-17)16-9-29(11-30)6-7-31-16/h1-5,8,10-11,16H,6-7,9H2,(H,24,25,26,28). The molecule has 1 aromatic carbocycles. The zero-order chi connectivity index (χ0) is 22.1. The first kappa shape index (κ1) is 20.7. The summed E-state index contributed by atoms with van der Waals surface area (Å²) in [7, 11) is 0. The van der Waals surface area contributed by atoms with E-state index in [9.17, 15) is 9.18 Å². The number of thiazole rings is 1. The van der Waals surface area contributed by atoms with Gasteiger partial charge in [-0.25, -0.2) is 24.3 Å². The van der Waals surface area contributed by atoms with Gasteiger partial charge >= 0.3 is 0 Å². The summed E-state index contributed by atoms with van der Waals surface area (Å²) in [5, 5.41) is 3.95. The number of aromatic nitrogens is 4. The highest BCUT2D eigenvalue weighted by Gasteiger charge is 2.23. The monoisotopic (exact) mass is 470 g/mol. The van der Waals surface area contributed by atoms with Crippen molar-refractivity contribution in [2.75, 3.05) is 25.0 Å². The van der Waals surface area contributed by atoms with Gasteiger partial charge in [-0.3, -0.25) is 4.79 Å². The number of nitrogens with zero attached hydrogens (tertiary/aromatic N) is 5. The normalized spacial score (nSPS) is 16.3. The molecular weight excluding hydrogens is 455 g/mol. The second-order valence-corrected chi connectivity index (χ2v) is 8.44. The number of benzene rings is 1. The molecule has 1 fully saturated rings. The van der Waals surface area contributed by atoms with Crippen LogP contribution in [0, 0.1) is 5.82 Å². The number of halogens is 2. The molecule has 11 heteroatoms. The van der Waals surface area contributed by atoms with E-state index in [1.54, 1.807) is 35.4 Å². The predicted molar refractivity (Wildman–Crippen MR) is 119 cm³/mol. The average Bonchev–Trinajstić information content (AvgIpc) is 3.24. The van der Waals surface area contributed by atoms with E-state index in [0.29, 0.717) is 52.6 Å². The number of carbonyl (C=O) groups excluding carboxylic acids is 1. The van der Waals surface area contributed by atoms with Gasteiger partial charge in [-0.1, -0.05) is 17.7 Å². The Balaban J connectivity index is 1.46. The van der Waals surface area contributed by atoms with Gasteiger partial charge in [0.25, 0.3) is 0 Å². The van der Waals surface area contributed by atoms with E-state index in [4.69, 9.17) is 16.3 Å². The van der Waals surface area contributed by atoms with Gasteiger partial charge in [0.2, 0.25) is 6.41 Å². The summed E-state index contributed by atoms with van der Waals surface area (Å²) in [4.78, 5) is 30.3. The van der Waals surface area contributed by atoms with Gasteiger partial charge in [0.05, 0.1) is 39.6 Å². The van der Waals surface area contributed by atoms with Crippen molar-refractivity contribution in [2.24, 2.45) is 0 Å². The molecule has 5 rings (SSSR count). The summed E-state index contributed by atoms with van der Waals surface area (Å²) in [6.45, 7) is 1.43. The molecule has 1 saturated heterocycles. The molecule has 32 heavy (non-hydrogen) atoms. The van der Waals surface area contributed by atoms with Crippen molar-refractivity contribution in [1.82, 2.24) is 24.8 Å². The lowest BCUT2D eigenvalue weighted by molar-refractivity contribution is -0.125. The van der Waals surface area contributed by atoms with Gasteiger partial charge in [0, 0.05) is 18.8 Å². The molecule has 8 nitrogen and oxygen atoms in total. The van der Waals surface area contributed by atoms with Crippen LogP contribution in [0.1, 0.15) is 11.8 Å². The number of hydrogen-bond donors (Lipinski definition) is 1. The minimum atomic E-state index is -0.434. The van der Waals surface area contributed by atoms with Crippen LogP contribution in [0.5, 0.6) is 0 Å². The van der Waals surface area contributed by atoms with Crippen molar-refractivity contribution in [1.29, 1.82) is 0 Å². The van der Waals surface area contributed by atoms with Crippen LogP contribution in [0.4, 0.5) is 16.0 Å². The molecule has 1 atom stereocenters. The number of nitrogens with one attached hydrogen (secondary N) is 1. The van der Waals surface area contributed by atoms with E-state index in [1.807, 2.05) is 0 Å². The van der Waals surface area contributed by atoms with E-state index >= 15 is 0 Å². The van der Waals surface area contributed by atoms with Crippen LogP contribution < -0.4 is 5.32 Å². The van der Waals surface area contributed by atoms with Crippen LogP contribution in [0.3, 0.4) is 0 Å². The molecule has 1 unspecified atom stereocenters. The van der Waals surface area contributed by atoms with Crippen LogP contribution in [0.15, 0.2) is 42.9 Å². The fourth-order valence-electron chi connectivity index (χ4n) is 3.44. The number of ether oxygens (including phenoxy) is 1. The molecule has 162 valence electrons. The van der Waals surface area contributed by atoms with Crippen LogP contribution in [-0.2, 0) is 9.53 Å². The molecule has 0 spiro atoms. The Morgan fingerprint density at radius 2 is 2.19 bits per heavy atom. The summed E-state index contributed by atoms with van der Waals surface area (Å²) >= 11 is 7.50. The maximum Gasteiger partial charge on any atom is 0.209 e. The van der Waals surface area contributed by atoms with Crippen molar-refractivity contribution in [2.45, 2.75) is 6.10 Å². The lowest BCUT2D eigenvalue weighted by Crippen LogP contribution is -2.37. The Kier molecular flexibility index (Phi) is 5.64. The highest BCUT2D eigenvalue weighted by atomic mass is 35.5. The van der Waals surface area contributed by atoms with E-state index in [2.05, 4.69) is 25.3 Å². The number of carbonyl (C=O) groups is 1. The van der Waals surface area contributed by atoms with Gasteiger partial charge < -0.3 is 15.0 Å². The van der Waals surface area contributed by atoms with E-state index < -0.39 is 5.82 Å². The molecule has 4 heterocycles. The van der Waals surface area contributed by atoms with Crippen molar-refractivity contribution < 1.29 is 13.9 Å². The Hall–Kier alpha value is -3.21. The minimum absolute atomic E-state index is 0.264. The number of hydrogen-bond acceptors (Lipinski definition) is 8. The van der Waals surface area contributed by atoms with Gasteiger partial charge in [0.15, 0.2) is 5.82 Å². The van der Waals surface area contributed by atoms with Crippen LogP contribution in [-0.4, -0.2) is 50.9 Å². The number of morpholine rings is 1. The molecule has 1 N–H and O–H groups in total. The first-order valence-electron chi connectivity index (χ1n) is 9.72. The Morgan fingerprint density at radius 1 is 1.28 bits per heavy atom. The van der Waals surface area contributed by atoms with Gasteiger partial charge in [-0.2, -0.15) is 0 Å². The lowest BCUT2D eigenvalue weighted by Gasteiger charge is -2.29. The van der Waals surface area contributed by atoms with E-state index in [-0.39, 0.29) is 11.7 Å². The second-order valence-electron chi connectivity index (χ2n) is 7.04. The van der Waals surface area contributed by atoms with E-state index in [0.717, 1.165) is 11.1 Å². The lowest BCUT2D eigenvalue weighted by atomic mass is 10.2.